The highest BCUT2D eigenvalue weighted by atomic mass is 35.5. The van der Waals surface area contributed by atoms with Crippen molar-refractivity contribution in [2.24, 2.45) is 0 Å². The molecule has 0 saturated heterocycles. The molecule has 0 aliphatic rings. The van der Waals surface area contributed by atoms with E-state index in [1.54, 1.807) is 24.3 Å². The van der Waals surface area contributed by atoms with Crippen molar-refractivity contribution in [3.8, 4) is 11.3 Å². The van der Waals surface area contributed by atoms with Gasteiger partial charge in [-0.1, -0.05) is 71.2 Å². The summed E-state index contributed by atoms with van der Waals surface area (Å²) in [6.45, 7) is 2.03. The van der Waals surface area contributed by atoms with Crippen molar-refractivity contribution in [2.45, 2.75) is 6.92 Å². The van der Waals surface area contributed by atoms with Gasteiger partial charge in [0.25, 0.3) is 5.91 Å². The predicted molar refractivity (Wildman–Crippen MR) is 116 cm³/mol. The van der Waals surface area contributed by atoms with Gasteiger partial charge in [0.15, 0.2) is 0 Å². The fourth-order valence-corrected chi connectivity index (χ4v) is 3.61. The smallest absolute Gasteiger partial charge is 0.256 e. The minimum atomic E-state index is -0.289. The number of hydrogen-bond acceptors (Lipinski definition) is 2. The summed E-state index contributed by atoms with van der Waals surface area (Å²) in [5, 5.41) is 4.38. The Bertz CT molecular complexity index is 1180. The zero-order chi connectivity index (χ0) is 19.7. The Hall–Kier alpha value is -2.88. The second-order valence-electron chi connectivity index (χ2n) is 6.49. The highest BCUT2D eigenvalue weighted by molar-refractivity contribution is 6.40. The van der Waals surface area contributed by atoms with Crippen LogP contribution in [0.25, 0.3) is 22.2 Å². The number of halogens is 2. The molecule has 0 bridgehead atoms. The molecule has 5 heteroatoms. The lowest BCUT2D eigenvalue weighted by Crippen LogP contribution is -2.13. The number of aromatic nitrogens is 1. The first-order valence-electron chi connectivity index (χ1n) is 8.75. The van der Waals surface area contributed by atoms with Crippen molar-refractivity contribution < 1.29 is 4.79 Å². The Balaban J connectivity index is 1.84. The topological polar surface area (TPSA) is 42.0 Å². The quantitative estimate of drug-likeness (QED) is 0.407. The van der Waals surface area contributed by atoms with Crippen molar-refractivity contribution in [2.75, 3.05) is 5.32 Å². The van der Waals surface area contributed by atoms with E-state index in [1.807, 2.05) is 55.5 Å². The van der Waals surface area contributed by atoms with Crippen molar-refractivity contribution in [1.82, 2.24) is 4.98 Å². The van der Waals surface area contributed by atoms with Crippen LogP contribution in [0.3, 0.4) is 0 Å². The maximum Gasteiger partial charge on any atom is 0.256 e. The second-order valence-corrected chi connectivity index (χ2v) is 7.31. The summed E-state index contributed by atoms with van der Waals surface area (Å²) in [5.74, 6) is -0.289. The first-order valence-corrected chi connectivity index (χ1v) is 9.51. The summed E-state index contributed by atoms with van der Waals surface area (Å²) >= 11 is 12.4. The minimum absolute atomic E-state index is 0.289. The Labute approximate surface area is 172 Å². The SMILES string of the molecule is Cc1cccc(-c2cc(C(=O)Nc3c(Cl)cccc3Cl)c3ccccc3n2)c1. The number of rotatable bonds is 3. The summed E-state index contributed by atoms with van der Waals surface area (Å²) in [6.07, 6.45) is 0. The summed E-state index contributed by atoms with van der Waals surface area (Å²) in [7, 11) is 0. The molecule has 1 aromatic heterocycles. The molecule has 4 rings (SSSR count). The van der Waals surface area contributed by atoms with Gasteiger partial charge in [-0.3, -0.25) is 4.79 Å². The zero-order valence-corrected chi connectivity index (χ0v) is 16.6. The van der Waals surface area contributed by atoms with E-state index in [-0.39, 0.29) is 5.91 Å². The van der Waals surface area contributed by atoms with Crippen molar-refractivity contribution in [1.29, 1.82) is 0 Å². The molecule has 0 aliphatic carbocycles. The number of nitrogens with zero attached hydrogens (tertiary/aromatic N) is 1. The fourth-order valence-electron chi connectivity index (χ4n) is 3.11. The standard InChI is InChI=1S/C23H16Cl2N2O/c1-14-6-4-7-15(12-14)21-13-17(16-8-2-3-11-20(16)26-21)23(28)27-22-18(24)9-5-10-19(22)25/h2-13H,1H3,(H,27,28). The molecule has 4 aromatic rings. The zero-order valence-electron chi connectivity index (χ0n) is 15.0. The van der Waals surface area contributed by atoms with E-state index >= 15 is 0 Å². The normalized spacial score (nSPS) is 10.8. The lowest BCUT2D eigenvalue weighted by atomic mass is 10.0. The molecule has 0 fully saturated rings. The van der Waals surface area contributed by atoms with Crippen LogP contribution in [-0.2, 0) is 0 Å². The minimum Gasteiger partial charge on any atom is -0.319 e. The van der Waals surface area contributed by atoms with Crippen molar-refractivity contribution in [3.05, 3.63) is 94.0 Å². The van der Waals surface area contributed by atoms with Gasteiger partial charge in [-0.25, -0.2) is 4.98 Å². The van der Waals surface area contributed by atoms with Crippen molar-refractivity contribution in [3.63, 3.8) is 0 Å². The third-order valence-electron chi connectivity index (χ3n) is 4.48. The van der Waals surface area contributed by atoms with Crippen LogP contribution < -0.4 is 5.32 Å². The summed E-state index contributed by atoms with van der Waals surface area (Å²) in [4.78, 5) is 17.9. The lowest BCUT2D eigenvalue weighted by molar-refractivity contribution is 0.102. The predicted octanol–water partition coefficient (Wildman–Crippen LogP) is 6.77. The molecular formula is C23H16Cl2N2O. The van der Waals surface area contributed by atoms with Gasteiger partial charge in [0, 0.05) is 10.9 Å². The molecule has 0 saturated carbocycles. The number of amides is 1. The summed E-state index contributed by atoms with van der Waals surface area (Å²) < 4.78 is 0. The highest BCUT2D eigenvalue weighted by Gasteiger charge is 2.16. The van der Waals surface area contributed by atoms with Crippen LogP contribution >= 0.6 is 23.2 Å². The Morgan fingerprint density at radius 2 is 1.61 bits per heavy atom. The van der Waals surface area contributed by atoms with Gasteiger partial charge >= 0.3 is 0 Å². The molecule has 0 atom stereocenters. The van der Waals surface area contributed by atoms with Gasteiger partial charge in [-0.05, 0) is 37.3 Å². The van der Waals surface area contributed by atoms with E-state index in [9.17, 15) is 4.79 Å². The number of para-hydroxylation sites is 2. The molecule has 1 N–H and O–H groups in total. The molecule has 1 amide bonds. The van der Waals surface area contributed by atoms with Gasteiger partial charge in [-0.15, -0.1) is 0 Å². The average Bonchev–Trinajstić information content (AvgIpc) is 2.70. The molecule has 28 heavy (non-hydrogen) atoms. The molecule has 0 radical (unpaired) electrons. The van der Waals surface area contributed by atoms with Gasteiger partial charge in [0.05, 0.1) is 32.5 Å². The highest BCUT2D eigenvalue weighted by Crippen LogP contribution is 2.31. The molecular weight excluding hydrogens is 391 g/mol. The third-order valence-corrected chi connectivity index (χ3v) is 5.11. The van der Waals surface area contributed by atoms with Gasteiger partial charge in [0.2, 0.25) is 0 Å². The van der Waals surface area contributed by atoms with Crippen LogP contribution in [0, 0.1) is 6.92 Å². The van der Waals surface area contributed by atoms with Crippen molar-refractivity contribution >= 4 is 45.7 Å². The number of carbonyl (C=O) groups is 1. The number of carbonyl (C=O) groups excluding carboxylic acids is 1. The molecule has 0 unspecified atom stereocenters. The summed E-state index contributed by atoms with van der Waals surface area (Å²) in [5.41, 5.74) is 4.47. The molecule has 0 spiro atoms. The van der Waals surface area contributed by atoms with E-state index in [1.165, 1.54) is 0 Å². The Morgan fingerprint density at radius 1 is 0.893 bits per heavy atom. The Kier molecular flexibility index (Phi) is 5.03. The van der Waals surface area contributed by atoms with E-state index in [0.717, 1.165) is 27.7 Å². The largest absolute Gasteiger partial charge is 0.319 e. The number of anilines is 1. The van der Waals surface area contributed by atoms with Crippen LogP contribution in [0.15, 0.2) is 72.8 Å². The number of benzene rings is 3. The van der Waals surface area contributed by atoms with Crippen LogP contribution in [0.4, 0.5) is 5.69 Å². The maximum atomic E-state index is 13.1. The average molecular weight is 407 g/mol. The van der Waals surface area contributed by atoms with Crippen LogP contribution in [0.5, 0.6) is 0 Å². The van der Waals surface area contributed by atoms with E-state index in [4.69, 9.17) is 28.2 Å². The number of hydrogen-bond donors (Lipinski definition) is 1. The third kappa shape index (κ3) is 3.59. The van der Waals surface area contributed by atoms with Crippen LogP contribution in [0.1, 0.15) is 15.9 Å². The molecule has 3 nitrogen and oxygen atoms in total. The Morgan fingerprint density at radius 3 is 2.36 bits per heavy atom. The van der Waals surface area contributed by atoms with E-state index < -0.39 is 0 Å². The summed E-state index contributed by atoms with van der Waals surface area (Å²) in [6, 6.07) is 22.5. The lowest BCUT2D eigenvalue weighted by Gasteiger charge is -2.12. The van der Waals surface area contributed by atoms with Crippen LogP contribution in [-0.4, -0.2) is 10.9 Å². The monoisotopic (exact) mass is 406 g/mol. The van der Waals surface area contributed by atoms with Crippen LogP contribution in [0.2, 0.25) is 10.0 Å². The van der Waals surface area contributed by atoms with Gasteiger partial charge in [-0.2, -0.15) is 0 Å². The number of fused-ring (bicyclic) bond motifs is 1. The van der Waals surface area contributed by atoms with Gasteiger partial charge in [0.1, 0.15) is 0 Å². The second kappa shape index (κ2) is 7.63. The molecule has 0 aliphatic heterocycles. The fraction of sp³-hybridized carbons (Fsp3) is 0.0435. The molecule has 3 aromatic carbocycles. The number of pyridine rings is 1. The maximum absolute atomic E-state index is 13.1. The first-order chi connectivity index (χ1) is 13.5. The molecule has 1 heterocycles. The number of nitrogens with one attached hydrogen (secondary N) is 1. The molecule has 138 valence electrons. The van der Waals surface area contributed by atoms with E-state index in [0.29, 0.717) is 21.3 Å². The number of aryl methyl sites for hydroxylation is 1. The van der Waals surface area contributed by atoms with E-state index in [2.05, 4.69) is 5.32 Å². The van der Waals surface area contributed by atoms with Gasteiger partial charge < -0.3 is 5.32 Å². The first kappa shape index (κ1) is 18.5.